The summed E-state index contributed by atoms with van der Waals surface area (Å²) in [5.74, 6) is -0.837. The van der Waals surface area contributed by atoms with Crippen molar-refractivity contribution in [3.05, 3.63) is 108 Å². The van der Waals surface area contributed by atoms with Crippen LogP contribution in [-0.2, 0) is 15.1 Å². The van der Waals surface area contributed by atoms with E-state index in [0.29, 0.717) is 0 Å². The maximum Gasteiger partial charge on any atom is 0.404 e. The fourth-order valence-corrected chi connectivity index (χ4v) is 4.05. The first kappa shape index (κ1) is 25.5. The summed E-state index contributed by atoms with van der Waals surface area (Å²) < 4.78 is 0. The van der Waals surface area contributed by atoms with E-state index in [2.05, 4.69) is 10.6 Å². The number of rotatable bonds is 10. The van der Waals surface area contributed by atoms with Crippen LogP contribution < -0.4 is 16.4 Å². The Morgan fingerprint density at radius 1 is 0.857 bits per heavy atom. The van der Waals surface area contributed by atoms with E-state index in [0.717, 1.165) is 16.7 Å². The fourth-order valence-electron chi connectivity index (χ4n) is 4.05. The van der Waals surface area contributed by atoms with E-state index in [9.17, 15) is 14.4 Å². The van der Waals surface area contributed by atoms with Crippen molar-refractivity contribution in [2.24, 2.45) is 5.73 Å². The molecule has 0 aromatic heterocycles. The number of benzene rings is 3. The summed E-state index contributed by atoms with van der Waals surface area (Å²) in [5.41, 5.74) is 7.69. The lowest BCUT2D eigenvalue weighted by atomic mass is 9.77. The van der Waals surface area contributed by atoms with Crippen LogP contribution in [0.25, 0.3) is 0 Å². The number of amides is 3. The molecule has 0 spiro atoms. The van der Waals surface area contributed by atoms with Gasteiger partial charge in [0, 0.05) is 20.1 Å². The molecule has 0 unspecified atom stereocenters. The van der Waals surface area contributed by atoms with Crippen molar-refractivity contribution < 1.29 is 19.5 Å². The molecule has 35 heavy (non-hydrogen) atoms. The van der Waals surface area contributed by atoms with Gasteiger partial charge in [-0.05, 0) is 16.7 Å². The van der Waals surface area contributed by atoms with Gasteiger partial charge in [0.05, 0.1) is 12.5 Å². The normalized spacial score (nSPS) is 11.8. The highest BCUT2D eigenvalue weighted by atomic mass is 16.4. The van der Waals surface area contributed by atoms with Gasteiger partial charge in [-0.15, -0.1) is 0 Å². The number of carboxylic acid groups (broad SMARTS) is 1. The Morgan fingerprint density at radius 2 is 1.29 bits per heavy atom. The van der Waals surface area contributed by atoms with E-state index in [4.69, 9.17) is 10.8 Å². The molecular weight excluding hydrogens is 444 g/mol. The highest BCUT2D eigenvalue weighted by Crippen LogP contribution is 2.36. The van der Waals surface area contributed by atoms with Crippen molar-refractivity contribution >= 4 is 17.9 Å². The number of nitrogens with zero attached hydrogens (tertiary/aromatic N) is 1. The van der Waals surface area contributed by atoms with Crippen LogP contribution in [0.4, 0.5) is 4.79 Å². The second kappa shape index (κ2) is 11.8. The molecule has 0 bridgehead atoms. The van der Waals surface area contributed by atoms with Crippen molar-refractivity contribution in [1.29, 1.82) is 0 Å². The lowest BCUT2D eigenvalue weighted by molar-refractivity contribution is -0.134. The third kappa shape index (κ3) is 6.24. The Kier molecular flexibility index (Phi) is 8.58. The predicted molar refractivity (Wildman–Crippen MR) is 134 cm³/mol. The third-order valence-corrected chi connectivity index (χ3v) is 5.77. The topological polar surface area (TPSA) is 125 Å². The molecule has 8 heteroatoms. The van der Waals surface area contributed by atoms with Crippen molar-refractivity contribution in [3.8, 4) is 0 Å². The van der Waals surface area contributed by atoms with Crippen LogP contribution in [0.5, 0.6) is 0 Å². The molecule has 1 atom stereocenters. The van der Waals surface area contributed by atoms with Gasteiger partial charge in [0.15, 0.2) is 0 Å². The van der Waals surface area contributed by atoms with Crippen molar-refractivity contribution in [2.45, 2.75) is 18.0 Å². The number of nitrogens with one attached hydrogen (secondary N) is 2. The maximum atomic E-state index is 13.4. The molecule has 0 saturated heterocycles. The Labute approximate surface area is 204 Å². The molecule has 0 aliphatic heterocycles. The van der Waals surface area contributed by atoms with E-state index >= 15 is 0 Å². The van der Waals surface area contributed by atoms with E-state index in [1.807, 2.05) is 91.0 Å². The minimum Gasteiger partial charge on any atom is -0.465 e. The monoisotopic (exact) mass is 474 g/mol. The highest BCUT2D eigenvalue weighted by molar-refractivity contribution is 5.89. The van der Waals surface area contributed by atoms with Crippen LogP contribution in [-0.4, -0.2) is 54.1 Å². The minimum atomic E-state index is -1.17. The zero-order chi connectivity index (χ0) is 25.3. The maximum absolute atomic E-state index is 13.4. The molecule has 0 radical (unpaired) electrons. The lowest BCUT2D eigenvalue weighted by Crippen LogP contribution is -2.51. The first-order valence-corrected chi connectivity index (χ1v) is 11.3. The number of hydrogen-bond donors (Lipinski definition) is 4. The molecule has 3 amide bonds. The smallest absolute Gasteiger partial charge is 0.404 e. The Bertz CT molecular complexity index is 1030. The summed E-state index contributed by atoms with van der Waals surface area (Å²) in [6.07, 6.45) is -1.40. The molecule has 8 nitrogen and oxygen atoms in total. The summed E-state index contributed by atoms with van der Waals surface area (Å²) in [6.45, 7) is 0.206. The molecule has 0 saturated carbocycles. The van der Waals surface area contributed by atoms with Crippen LogP contribution in [0.15, 0.2) is 91.0 Å². The zero-order valence-electron chi connectivity index (χ0n) is 19.6. The van der Waals surface area contributed by atoms with Gasteiger partial charge in [-0.1, -0.05) is 91.0 Å². The fraction of sp³-hybridized carbons (Fsp3) is 0.222. The number of nitrogens with two attached hydrogens (primary N) is 1. The molecule has 182 valence electrons. The standard InChI is InChI=1S/C27H30N4O4/c1-31(18-17-29-26(34)35)25(33)23(28)19-24(32)30-27(20-11-5-2-6-12-20,21-13-7-3-8-14-21)22-15-9-4-10-16-22/h2-16,23,29H,17-19,28H2,1H3,(H,30,32)(H,34,35)/t23-/m1/s1. The van der Waals surface area contributed by atoms with Gasteiger partial charge in [-0.3, -0.25) is 9.59 Å². The van der Waals surface area contributed by atoms with E-state index in [1.54, 1.807) is 0 Å². The summed E-state index contributed by atoms with van der Waals surface area (Å²) in [7, 11) is 1.52. The van der Waals surface area contributed by atoms with E-state index in [1.165, 1.54) is 11.9 Å². The SMILES string of the molecule is CN(CCNC(=O)O)C(=O)[C@H](N)CC(=O)NC(c1ccccc1)(c1ccccc1)c1ccccc1. The molecule has 3 aromatic carbocycles. The molecule has 0 heterocycles. The predicted octanol–water partition coefficient (Wildman–Crippen LogP) is 2.54. The summed E-state index contributed by atoms with van der Waals surface area (Å²) >= 11 is 0. The lowest BCUT2D eigenvalue weighted by Gasteiger charge is -2.37. The number of hydrogen-bond acceptors (Lipinski definition) is 4. The van der Waals surface area contributed by atoms with Crippen LogP contribution in [0.2, 0.25) is 0 Å². The van der Waals surface area contributed by atoms with Gasteiger partial charge in [0.25, 0.3) is 0 Å². The second-order valence-electron chi connectivity index (χ2n) is 8.20. The Morgan fingerprint density at radius 3 is 1.69 bits per heavy atom. The molecule has 3 rings (SSSR count). The van der Waals surface area contributed by atoms with Crippen molar-refractivity contribution in [1.82, 2.24) is 15.5 Å². The average molecular weight is 475 g/mol. The van der Waals surface area contributed by atoms with Crippen LogP contribution in [0, 0.1) is 0 Å². The van der Waals surface area contributed by atoms with E-state index in [-0.39, 0.29) is 25.4 Å². The van der Waals surface area contributed by atoms with E-state index < -0.39 is 23.6 Å². The minimum absolute atomic E-state index is 0.0651. The van der Waals surface area contributed by atoms with Crippen molar-refractivity contribution in [2.75, 3.05) is 20.1 Å². The number of carbonyl (C=O) groups excluding carboxylic acids is 2. The average Bonchev–Trinajstić information content (AvgIpc) is 2.88. The molecule has 5 N–H and O–H groups in total. The summed E-state index contributed by atoms with van der Waals surface area (Å²) in [6, 6.07) is 27.9. The Balaban J connectivity index is 1.89. The van der Waals surface area contributed by atoms with Gasteiger partial charge < -0.3 is 26.4 Å². The molecule has 3 aromatic rings. The van der Waals surface area contributed by atoms with Crippen LogP contribution in [0.3, 0.4) is 0 Å². The Hall–Kier alpha value is -4.17. The molecular formula is C27H30N4O4. The summed E-state index contributed by atoms with van der Waals surface area (Å²) in [4.78, 5) is 38.0. The summed E-state index contributed by atoms with van der Waals surface area (Å²) in [5, 5.41) is 14.1. The third-order valence-electron chi connectivity index (χ3n) is 5.77. The van der Waals surface area contributed by atoms with Crippen LogP contribution >= 0.6 is 0 Å². The zero-order valence-corrected chi connectivity index (χ0v) is 19.6. The molecule has 0 aliphatic carbocycles. The first-order valence-electron chi connectivity index (χ1n) is 11.3. The number of carbonyl (C=O) groups is 3. The quantitative estimate of drug-likeness (QED) is 0.336. The van der Waals surface area contributed by atoms with Gasteiger partial charge in [0.1, 0.15) is 5.54 Å². The number of likely N-dealkylation sites (N-methyl/N-ethyl adjacent to an activating group) is 1. The van der Waals surface area contributed by atoms with Gasteiger partial charge in [-0.2, -0.15) is 0 Å². The highest BCUT2D eigenvalue weighted by Gasteiger charge is 2.38. The largest absolute Gasteiger partial charge is 0.465 e. The molecule has 0 fully saturated rings. The van der Waals surface area contributed by atoms with Crippen molar-refractivity contribution in [3.63, 3.8) is 0 Å². The van der Waals surface area contributed by atoms with Crippen LogP contribution in [0.1, 0.15) is 23.1 Å². The van der Waals surface area contributed by atoms with Gasteiger partial charge in [-0.25, -0.2) is 4.79 Å². The first-order chi connectivity index (χ1) is 16.8. The van der Waals surface area contributed by atoms with Gasteiger partial charge in [0.2, 0.25) is 11.8 Å². The van der Waals surface area contributed by atoms with Gasteiger partial charge >= 0.3 is 6.09 Å². The second-order valence-corrected chi connectivity index (χ2v) is 8.20. The molecule has 0 aliphatic rings.